The van der Waals surface area contributed by atoms with Gasteiger partial charge in [-0.1, -0.05) is 12.1 Å². The Morgan fingerprint density at radius 1 is 1.21 bits per heavy atom. The number of halogens is 3. The van der Waals surface area contributed by atoms with Gasteiger partial charge in [0, 0.05) is 11.8 Å². The summed E-state index contributed by atoms with van der Waals surface area (Å²) in [5.74, 6) is -1.98. The first-order chi connectivity index (χ1) is 13.0. The van der Waals surface area contributed by atoms with Crippen LogP contribution >= 0.6 is 0 Å². The highest BCUT2D eigenvalue weighted by molar-refractivity contribution is 6.00. The molecule has 0 radical (unpaired) electrons. The highest BCUT2D eigenvalue weighted by atomic mass is 19.4. The number of alkyl halides is 3. The van der Waals surface area contributed by atoms with Gasteiger partial charge < -0.3 is 15.8 Å². The van der Waals surface area contributed by atoms with E-state index in [0.717, 1.165) is 6.07 Å². The molecule has 0 unspecified atom stereocenters. The number of nitro benzene ring substituents is 1. The van der Waals surface area contributed by atoms with E-state index in [2.05, 4.69) is 5.32 Å². The number of benzene rings is 2. The Bertz CT molecular complexity index is 930. The fourth-order valence-electron chi connectivity index (χ4n) is 2.18. The van der Waals surface area contributed by atoms with Crippen molar-refractivity contribution in [3.8, 4) is 0 Å². The van der Waals surface area contributed by atoms with E-state index in [9.17, 15) is 32.9 Å². The van der Waals surface area contributed by atoms with Crippen molar-refractivity contribution in [2.75, 3.05) is 11.1 Å². The summed E-state index contributed by atoms with van der Waals surface area (Å²) in [7, 11) is 0. The lowest BCUT2D eigenvalue weighted by Gasteiger charge is -2.15. The molecular formula is C17H14F3N3O5. The lowest BCUT2D eigenvalue weighted by atomic mass is 10.1. The largest absolute Gasteiger partial charge is 0.449 e. The maximum Gasteiger partial charge on any atom is 0.416 e. The first-order valence-electron chi connectivity index (χ1n) is 7.72. The molecule has 0 aliphatic heterocycles. The Balaban J connectivity index is 2.10. The number of carbonyl (C=O) groups excluding carboxylic acids is 2. The average molecular weight is 397 g/mol. The van der Waals surface area contributed by atoms with Gasteiger partial charge >= 0.3 is 12.1 Å². The van der Waals surface area contributed by atoms with E-state index in [1.807, 2.05) is 0 Å². The summed E-state index contributed by atoms with van der Waals surface area (Å²) in [5.41, 5.74) is 3.16. The molecule has 2 aromatic carbocycles. The summed E-state index contributed by atoms with van der Waals surface area (Å²) >= 11 is 0. The van der Waals surface area contributed by atoms with E-state index in [1.165, 1.54) is 31.2 Å². The maximum absolute atomic E-state index is 12.6. The van der Waals surface area contributed by atoms with Gasteiger partial charge in [-0.05, 0) is 31.2 Å². The fraction of sp³-hybridized carbons (Fsp3) is 0.176. The molecule has 0 saturated heterocycles. The molecule has 11 heteroatoms. The molecule has 2 aromatic rings. The molecule has 0 spiro atoms. The molecule has 0 fully saturated rings. The van der Waals surface area contributed by atoms with Gasteiger partial charge in [0.05, 0.1) is 16.1 Å². The third kappa shape index (κ3) is 4.75. The molecule has 3 N–H and O–H groups in total. The van der Waals surface area contributed by atoms with Gasteiger partial charge in [-0.25, -0.2) is 4.79 Å². The Morgan fingerprint density at radius 2 is 1.86 bits per heavy atom. The molecule has 0 aliphatic rings. The summed E-state index contributed by atoms with van der Waals surface area (Å²) in [4.78, 5) is 34.5. The van der Waals surface area contributed by atoms with Crippen molar-refractivity contribution in [2.24, 2.45) is 0 Å². The summed E-state index contributed by atoms with van der Waals surface area (Å²) in [6.45, 7) is 1.20. The van der Waals surface area contributed by atoms with Crippen LogP contribution in [0.3, 0.4) is 0 Å². The number of ether oxygens (including phenoxy) is 1. The molecule has 1 atom stereocenters. The van der Waals surface area contributed by atoms with Gasteiger partial charge in [0.15, 0.2) is 6.10 Å². The third-order valence-electron chi connectivity index (χ3n) is 3.61. The minimum Gasteiger partial charge on any atom is -0.449 e. The van der Waals surface area contributed by atoms with E-state index >= 15 is 0 Å². The van der Waals surface area contributed by atoms with Crippen molar-refractivity contribution in [1.29, 1.82) is 0 Å². The number of amides is 1. The number of hydrogen-bond acceptors (Lipinski definition) is 6. The molecule has 28 heavy (non-hydrogen) atoms. The second-order valence-electron chi connectivity index (χ2n) is 5.61. The van der Waals surface area contributed by atoms with Crippen LogP contribution in [0.2, 0.25) is 0 Å². The minimum atomic E-state index is -4.63. The number of nitrogens with two attached hydrogens (primary N) is 1. The quantitative estimate of drug-likeness (QED) is 0.345. The van der Waals surface area contributed by atoms with Crippen LogP contribution in [0.15, 0.2) is 42.5 Å². The smallest absolute Gasteiger partial charge is 0.416 e. The number of nitrogens with one attached hydrogen (secondary N) is 1. The Kier molecular flexibility index (Phi) is 5.87. The van der Waals surface area contributed by atoms with Crippen LogP contribution in [0.5, 0.6) is 0 Å². The second kappa shape index (κ2) is 7.94. The van der Waals surface area contributed by atoms with E-state index in [1.54, 1.807) is 0 Å². The molecule has 2 rings (SSSR count). The lowest BCUT2D eigenvalue weighted by molar-refractivity contribution is -0.383. The normalized spacial score (nSPS) is 12.1. The van der Waals surface area contributed by atoms with Crippen LogP contribution in [0, 0.1) is 10.1 Å². The predicted octanol–water partition coefficient (Wildman–Crippen LogP) is 3.38. The van der Waals surface area contributed by atoms with E-state index in [4.69, 9.17) is 10.5 Å². The predicted molar refractivity (Wildman–Crippen MR) is 92.5 cm³/mol. The molecule has 0 saturated carbocycles. The first kappa shape index (κ1) is 20.7. The molecule has 0 aromatic heterocycles. The molecule has 8 nitrogen and oxygen atoms in total. The van der Waals surface area contributed by atoms with Gasteiger partial charge in [0.25, 0.3) is 11.6 Å². The number of esters is 1. The van der Waals surface area contributed by atoms with Crippen LogP contribution in [0.25, 0.3) is 0 Å². The van der Waals surface area contributed by atoms with Crippen molar-refractivity contribution < 1.29 is 32.4 Å². The summed E-state index contributed by atoms with van der Waals surface area (Å²) in [6.07, 6.45) is -6.03. The number of para-hydroxylation sites is 2. The van der Waals surface area contributed by atoms with Gasteiger partial charge in [-0.2, -0.15) is 13.2 Å². The SMILES string of the molecule is C[C@@H](OC(=O)c1ccc(C(F)(F)F)cc1N)C(=O)Nc1ccccc1[N+](=O)[O-]. The standard InChI is InChI=1S/C17H14F3N3O5/c1-9(15(24)22-13-4-2-3-5-14(13)23(26)27)28-16(25)11-7-6-10(8-12(11)21)17(18,19)20/h2-9H,21H2,1H3,(H,22,24)/t9-/m1/s1. The molecule has 0 bridgehead atoms. The topological polar surface area (TPSA) is 125 Å². The monoisotopic (exact) mass is 397 g/mol. The molecule has 148 valence electrons. The van der Waals surface area contributed by atoms with Crippen LogP contribution in [-0.2, 0) is 15.7 Å². The number of nitrogen functional groups attached to an aromatic ring is 1. The zero-order valence-corrected chi connectivity index (χ0v) is 14.3. The number of hydrogen-bond donors (Lipinski definition) is 2. The average Bonchev–Trinajstić information content (AvgIpc) is 2.60. The molecule has 0 heterocycles. The van der Waals surface area contributed by atoms with Crippen LogP contribution in [-0.4, -0.2) is 22.9 Å². The van der Waals surface area contributed by atoms with Crippen molar-refractivity contribution >= 4 is 28.9 Å². The van der Waals surface area contributed by atoms with E-state index < -0.39 is 40.3 Å². The maximum atomic E-state index is 12.6. The Hall–Kier alpha value is -3.63. The number of carbonyl (C=O) groups is 2. The molecule has 0 aliphatic carbocycles. The third-order valence-corrected chi connectivity index (χ3v) is 3.61. The van der Waals surface area contributed by atoms with Gasteiger partial charge in [-0.3, -0.25) is 14.9 Å². The van der Waals surface area contributed by atoms with Crippen molar-refractivity contribution in [1.82, 2.24) is 0 Å². The van der Waals surface area contributed by atoms with Gasteiger partial charge in [-0.15, -0.1) is 0 Å². The van der Waals surface area contributed by atoms with Crippen LogP contribution in [0.4, 0.5) is 30.2 Å². The number of anilines is 2. The zero-order chi connectivity index (χ0) is 21.1. The number of nitro groups is 1. The fourth-order valence-corrected chi connectivity index (χ4v) is 2.18. The van der Waals surface area contributed by atoms with E-state index in [-0.39, 0.29) is 16.9 Å². The summed E-state index contributed by atoms with van der Waals surface area (Å²) in [6, 6.07) is 7.41. The Labute approximate surface area is 156 Å². The molecule has 1 amide bonds. The van der Waals surface area contributed by atoms with Crippen LogP contribution in [0.1, 0.15) is 22.8 Å². The lowest BCUT2D eigenvalue weighted by Crippen LogP contribution is -2.30. The highest BCUT2D eigenvalue weighted by Gasteiger charge is 2.31. The molecular weight excluding hydrogens is 383 g/mol. The van der Waals surface area contributed by atoms with Crippen molar-refractivity contribution in [2.45, 2.75) is 19.2 Å². The van der Waals surface area contributed by atoms with Crippen LogP contribution < -0.4 is 11.1 Å². The van der Waals surface area contributed by atoms with E-state index in [0.29, 0.717) is 12.1 Å². The van der Waals surface area contributed by atoms with Gasteiger partial charge in [0.2, 0.25) is 0 Å². The van der Waals surface area contributed by atoms with Crippen molar-refractivity contribution in [3.63, 3.8) is 0 Å². The second-order valence-corrected chi connectivity index (χ2v) is 5.61. The highest BCUT2D eigenvalue weighted by Crippen LogP contribution is 2.31. The number of nitrogens with zero attached hydrogens (tertiary/aromatic N) is 1. The zero-order valence-electron chi connectivity index (χ0n) is 14.3. The number of rotatable bonds is 5. The Morgan fingerprint density at radius 3 is 2.43 bits per heavy atom. The van der Waals surface area contributed by atoms with Gasteiger partial charge in [0.1, 0.15) is 5.69 Å². The van der Waals surface area contributed by atoms with Crippen molar-refractivity contribution in [3.05, 3.63) is 63.7 Å². The first-order valence-corrected chi connectivity index (χ1v) is 7.72. The summed E-state index contributed by atoms with van der Waals surface area (Å²) < 4.78 is 42.8. The minimum absolute atomic E-state index is 0.102. The summed E-state index contributed by atoms with van der Waals surface area (Å²) in [5, 5.41) is 13.2.